The van der Waals surface area contributed by atoms with Crippen molar-refractivity contribution in [2.24, 2.45) is 0 Å². The number of ether oxygens (including phenoxy) is 2. The summed E-state index contributed by atoms with van der Waals surface area (Å²) in [6.07, 6.45) is 0. The van der Waals surface area contributed by atoms with Crippen LogP contribution in [0.4, 0.5) is 0 Å². The maximum Gasteiger partial charge on any atom is 0.250 e. The van der Waals surface area contributed by atoms with E-state index in [0.717, 1.165) is 16.7 Å². The number of phenolic OH excluding ortho intramolecular Hbond substituents is 1. The van der Waals surface area contributed by atoms with Crippen molar-refractivity contribution in [3.8, 4) is 34.3 Å². The van der Waals surface area contributed by atoms with Gasteiger partial charge in [-0.1, -0.05) is 81.4 Å². The molecular formula is C36H38O6Si. The molecule has 1 N–H and O–H groups in total. The second kappa shape index (κ2) is 12.0. The molecule has 4 aromatic carbocycles. The first-order valence-corrected chi connectivity index (χ1v) is 17.3. The van der Waals surface area contributed by atoms with E-state index < -0.39 is 13.7 Å². The molecule has 6 nitrogen and oxygen atoms in total. The van der Waals surface area contributed by atoms with Gasteiger partial charge in [0, 0.05) is 5.56 Å². The normalized spacial score (nSPS) is 11.9. The zero-order valence-electron chi connectivity index (χ0n) is 25.6. The number of aromatic hydroxyl groups is 1. The third kappa shape index (κ3) is 6.62. The Hall–Kier alpha value is -4.49. The van der Waals surface area contributed by atoms with Crippen LogP contribution < -0.4 is 19.3 Å². The first kappa shape index (κ1) is 30.0. The van der Waals surface area contributed by atoms with Gasteiger partial charge in [-0.25, -0.2) is 0 Å². The van der Waals surface area contributed by atoms with Crippen LogP contribution in [0.1, 0.15) is 37.5 Å². The monoisotopic (exact) mass is 594 g/mol. The minimum Gasteiger partial charge on any atom is -0.538 e. The van der Waals surface area contributed by atoms with E-state index in [0.29, 0.717) is 30.3 Å². The summed E-state index contributed by atoms with van der Waals surface area (Å²) in [6, 6.07) is 28.6. The van der Waals surface area contributed by atoms with Gasteiger partial charge in [-0.3, -0.25) is 4.79 Å². The number of fused-ring (bicyclic) bond motifs is 1. The molecule has 0 atom stereocenters. The lowest BCUT2D eigenvalue weighted by atomic mass is 10.1. The molecule has 0 amide bonds. The van der Waals surface area contributed by atoms with Crippen molar-refractivity contribution in [3.05, 3.63) is 118 Å². The molecule has 7 heteroatoms. The number of rotatable bonds is 9. The van der Waals surface area contributed by atoms with Gasteiger partial charge in [-0.15, -0.1) is 0 Å². The molecule has 0 aliphatic carbocycles. The molecule has 0 saturated carbocycles. The van der Waals surface area contributed by atoms with Gasteiger partial charge in [0.15, 0.2) is 23.0 Å². The lowest BCUT2D eigenvalue weighted by Gasteiger charge is -2.36. The predicted octanol–water partition coefficient (Wildman–Crippen LogP) is 9.02. The zero-order valence-corrected chi connectivity index (χ0v) is 26.6. The van der Waals surface area contributed by atoms with Crippen LogP contribution in [-0.4, -0.2) is 13.4 Å². The van der Waals surface area contributed by atoms with Crippen LogP contribution in [0.3, 0.4) is 0 Å². The summed E-state index contributed by atoms with van der Waals surface area (Å²) in [7, 11) is -2.49. The Labute approximate surface area is 253 Å². The first-order chi connectivity index (χ1) is 20.4. The molecule has 0 saturated heterocycles. The minimum atomic E-state index is -2.49. The fraction of sp³-hybridized carbons (Fsp3) is 0.250. The SMILES string of the molecule is Cc1cc(O)c2c(=O)c(O[Si](C)(C)C(C)(C)C)c(-c3ccc(OCc4ccccc4)c(OCc4ccccc4)c3)oc2c1. The summed E-state index contributed by atoms with van der Waals surface area (Å²) < 4.78 is 25.6. The van der Waals surface area contributed by atoms with Crippen LogP contribution in [0.5, 0.6) is 23.0 Å². The average molecular weight is 595 g/mol. The van der Waals surface area contributed by atoms with Gasteiger partial charge >= 0.3 is 0 Å². The molecule has 1 heterocycles. The number of benzene rings is 4. The van der Waals surface area contributed by atoms with E-state index in [1.54, 1.807) is 12.1 Å². The Morgan fingerprint density at radius 2 is 1.37 bits per heavy atom. The quantitative estimate of drug-likeness (QED) is 0.172. The molecule has 5 rings (SSSR count). The van der Waals surface area contributed by atoms with E-state index in [1.165, 1.54) is 0 Å². The Bertz CT molecular complexity index is 1790. The van der Waals surface area contributed by atoms with Crippen molar-refractivity contribution in [2.45, 2.75) is 59.0 Å². The molecule has 1 aromatic heterocycles. The zero-order chi connectivity index (χ0) is 30.8. The number of aryl methyl sites for hydroxylation is 1. The summed E-state index contributed by atoms with van der Waals surface area (Å²) in [5, 5.41) is 10.7. The summed E-state index contributed by atoms with van der Waals surface area (Å²) in [5.74, 6) is 1.31. The molecule has 0 bridgehead atoms. The Morgan fingerprint density at radius 3 is 1.95 bits per heavy atom. The van der Waals surface area contributed by atoms with E-state index in [4.69, 9.17) is 18.3 Å². The van der Waals surface area contributed by atoms with Crippen LogP contribution >= 0.6 is 0 Å². The highest BCUT2D eigenvalue weighted by Gasteiger charge is 2.41. The third-order valence-corrected chi connectivity index (χ3v) is 12.2. The van der Waals surface area contributed by atoms with E-state index in [2.05, 4.69) is 33.9 Å². The largest absolute Gasteiger partial charge is 0.538 e. The van der Waals surface area contributed by atoms with E-state index in [-0.39, 0.29) is 33.3 Å². The Kier molecular flexibility index (Phi) is 8.38. The van der Waals surface area contributed by atoms with Crippen molar-refractivity contribution in [1.29, 1.82) is 0 Å². The van der Waals surface area contributed by atoms with Gasteiger partial charge in [-0.05, 0) is 72.1 Å². The lowest BCUT2D eigenvalue weighted by molar-refractivity contribution is 0.256. The van der Waals surface area contributed by atoms with Gasteiger partial charge < -0.3 is 23.4 Å². The highest BCUT2D eigenvalue weighted by Crippen LogP contribution is 2.43. The molecule has 222 valence electrons. The van der Waals surface area contributed by atoms with Gasteiger partial charge in [-0.2, -0.15) is 0 Å². The lowest BCUT2D eigenvalue weighted by Crippen LogP contribution is -2.45. The minimum absolute atomic E-state index is 0.0882. The summed E-state index contributed by atoms with van der Waals surface area (Å²) in [5.41, 5.74) is 3.29. The van der Waals surface area contributed by atoms with Crippen molar-refractivity contribution in [3.63, 3.8) is 0 Å². The van der Waals surface area contributed by atoms with Gasteiger partial charge in [0.2, 0.25) is 5.43 Å². The molecule has 43 heavy (non-hydrogen) atoms. The van der Waals surface area contributed by atoms with Crippen LogP contribution in [0.25, 0.3) is 22.3 Å². The first-order valence-electron chi connectivity index (χ1n) is 14.4. The fourth-order valence-corrected chi connectivity index (χ4v) is 5.46. The third-order valence-electron chi connectivity index (χ3n) is 7.92. The highest BCUT2D eigenvalue weighted by molar-refractivity contribution is 6.74. The molecule has 0 aliphatic rings. The maximum absolute atomic E-state index is 14.0. The van der Waals surface area contributed by atoms with Crippen LogP contribution in [0.2, 0.25) is 18.1 Å². The fourth-order valence-electron chi connectivity index (χ4n) is 4.46. The summed E-state index contributed by atoms with van der Waals surface area (Å²) >= 11 is 0. The van der Waals surface area contributed by atoms with E-state index >= 15 is 0 Å². The van der Waals surface area contributed by atoms with Gasteiger partial charge in [0.05, 0.1) is 0 Å². The van der Waals surface area contributed by atoms with Crippen molar-refractivity contribution in [2.75, 3.05) is 0 Å². The second-order valence-corrected chi connectivity index (χ2v) is 17.0. The summed E-state index contributed by atoms with van der Waals surface area (Å²) in [4.78, 5) is 14.0. The number of hydrogen-bond acceptors (Lipinski definition) is 6. The standard InChI is InChI=1S/C36H38O6Si/c1-24-19-28(37)32-31(20-24)41-34(35(33(32)38)42-43(5,6)36(2,3)4)27-17-18-29(39-22-25-13-9-7-10-14-25)30(21-27)40-23-26-15-11-8-12-16-26/h7-21,37H,22-23H2,1-6H3. The van der Waals surface area contributed by atoms with Crippen LogP contribution in [0.15, 0.2) is 100 Å². The van der Waals surface area contributed by atoms with E-state index in [9.17, 15) is 9.90 Å². The molecule has 0 aliphatic heterocycles. The van der Waals surface area contributed by atoms with Crippen molar-refractivity contribution in [1.82, 2.24) is 0 Å². The topological polar surface area (TPSA) is 78.1 Å². The van der Waals surface area contributed by atoms with Crippen molar-refractivity contribution < 1.29 is 23.4 Å². The maximum atomic E-state index is 14.0. The summed E-state index contributed by atoms with van der Waals surface area (Å²) in [6.45, 7) is 13.0. The second-order valence-electron chi connectivity index (χ2n) is 12.3. The number of hydrogen-bond donors (Lipinski definition) is 1. The van der Waals surface area contributed by atoms with E-state index in [1.807, 2.05) is 85.8 Å². The molecule has 5 aromatic rings. The van der Waals surface area contributed by atoms with Crippen molar-refractivity contribution >= 4 is 19.3 Å². The van der Waals surface area contributed by atoms with Crippen LogP contribution in [-0.2, 0) is 13.2 Å². The molecular weight excluding hydrogens is 556 g/mol. The van der Waals surface area contributed by atoms with Gasteiger partial charge in [0.25, 0.3) is 8.32 Å². The highest BCUT2D eigenvalue weighted by atomic mass is 28.4. The molecule has 0 radical (unpaired) electrons. The molecule has 0 unspecified atom stereocenters. The van der Waals surface area contributed by atoms with Gasteiger partial charge in [0.1, 0.15) is 29.9 Å². The predicted molar refractivity (Wildman–Crippen MR) is 174 cm³/mol. The molecule has 0 spiro atoms. The smallest absolute Gasteiger partial charge is 0.250 e. The average Bonchev–Trinajstić information content (AvgIpc) is 2.96. The number of phenols is 1. The molecule has 0 fully saturated rings. The Morgan fingerprint density at radius 1 is 0.791 bits per heavy atom. The Balaban J connectivity index is 1.64. The van der Waals surface area contributed by atoms with Crippen LogP contribution in [0, 0.1) is 6.92 Å².